The molecule has 0 saturated carbocycles. The molecule has 3 aromatic rings. The molecule has 0 bridgehead atoms. The zero-order valence-electron chi connectivity index (χ0n) is 17.0. The first kappa shape index (κ1) is 21.4. The summed E-state index contributed by atoms with van der Waals surface area (Å²) in [7, 11) is 1.69. The number of nitrogens with zero attached hydrogens (tertiary/aromatic N) is 3. The summed E-state index contributed by atoms with van der Waals surface area (Å²) in [5.41, 5.74) is 1.41. The molecule has 30 heavy (non-hydrogen) atoms. The SMILES string of the molecule is CCOc1ccc(N(C)c2ncc(C(F)(F)F)c(Nc3ccc(CC)cc3)n2)cc1. The van der Waals surface area contributed by atoms with Crippen molar-refractivity contribution in [2.75, 3.05) is 23.9 Å². The fraction of sp³-hybridized carbons (Fsp3) is 0.273. The van der Waals surface area contributed by atoms with Gasteiger partial charge in [0.1, 0.15) is 17.1 Å². The molecule has 0 saturated heterocycles. The maximum Gasteiger partial charge on any atom is 0.421 e. The number of hydrogen-bond acceptors (Lipinski definition) is 5. The second-order valence-electron chi connectivity index (χ2n) is 6.59. The summed E-state index contributed by atoms with van der Waals surface area (Å²) >= 11 is 0. The standard InChI is InChI=1S/C22H23F3N4O/c1-4-15-6-8-16(9-7-15)27-20-19(22(23,24)25)14-26-21(28-20)29(3)17-10-12-18(13-11-17)30-5-2/h6-14H,4-5H2,1-3H3,(H,26,27,28). The van der Waals surface area contributed by atoms with Gasteiger partial charge in [0.05, 0.1) is 6.61 Å². The molecular formula is C22H23F3N4O. The zero-order chi connectivity index (χ0) is 21.7. The van der Waals surface area contributed by atoms with Crippen LogP contribution in [0.5, 0.6) is 5.75 Å². The molecule has 158 valence electrons. The highest BCUT2D eigenvalue weighted by atomic mass is 19.4. The van der Waals surface area contributed by atoms with Crippen molar-refractivity contribution in [2.24, 2.45) is 0 Å². The van der Waals surface area contributed by atoms with Crippen molar-refractivity contribution in [1.82, 2.24) is 9.97 Å². The lowest BCUT2D eigenvalue weighted by atomic mass is 10.1. The fourth-order valence-electron chi connectivity index (χ4n) is 2.85. The van der Waals surface area contributed by atoms with Gasteiger partial charge in [0.2, 0.25) is 5.95 Å². The van der Waals surface area contributed by atoms with Crippen molar-refractivity contribution in [3.8, 4) is 5.75 Å². The Bertz CT molecular complexity index is 973. The molecule has 0 aliphatic heterocycles. The van der Waals surface area contributed by atoms with E-state index in [2.05, 4.69) is 15.3 Å². The van der Waals surface area contributed by atoms with E-state index in [0.29, 0.717) is 18.0 Å². The molecule has 0 aliphatic rings. The number of aryl methyl sites for hydroxylation is 1. The molecule has 1 heterocycles. The molecule has 0 unspecified atom stereocenters. The molecule has 0 spiro atoms. The number of halogens is 3. The number of ether oxygens (including phenoxy) is 1. The first-order chi connectivity index (χ1) is 14.3. The van der Waals surface area contributed by atoms with E-state index in [1.54, 1.807) is 48.3 Å². The average Bonchev–Trinajstić information content (AvgIpc) is 2.74. The Hall–Kier alpha value is -3.29. The van der Waals surface area contributed by atoms with E-state index in [9.17, 15) is 13.2 Å². The van der Waals surface area contributed by atoms with E-state index in [1.165, 1.54) is 0 Å². The van der Waals surface area contributed by atoms with Gasteiger partial charge < -0.3 is 15.0 Å². The van der Waals surface area contributed by atoms with Gasteiger partial charge in [0.15, 0.2) is 0 Å². The summed E-state index contributed by atoms with van der Waals surface area (Å²) in [4.78, 5) is 9.71. The van der Waals surface area contributed by atoms with Crippen LogP contribution in [-0.4, -0.2) is 23.6 Å². The maximum atomic E-state index is 13.5. The van der Waals surface area contributed by atoms with E-state index >= 15 is 0 Å². The van der Waals surface area contributed by atoms with Crippen molar-refractivity contribution in [2.45, 2.75) is 26.4 Å². The molecule has 0 amide bonds. The van der Waals surface area contributed by atoms with Crippen LogP contribution >= 0.6 is 0 Å². The highest BCUT2D eigenvalue weighted by molar-refractivity contribution is 5.64. The lowest BCUT2D eigenvalue weighted by Gasteiger charge is -2.20. The van der Waals surface area contributed by atoms with Gasteiger partial charge in [-0.1, -0.05) is 19.1 Å². The lowest BCUT2D eigenvalue weighted by Crippen LogP contribution is -2.17. The summed E-state index contributed by atoms with van der Waals surface area (Å²) in [6.45, 7) is 4.45. The Kier molecular flexibility index (Phi) is 6.44. The molecule has 5 nitrogen and oxygen atoms in total. The Morgan fingerprint density at radius 1 is 1.00 bits per heavy atom. The molecule has 3 rings (SSSR count). The summed E-state index contributed by atoms with van der Waals surface area (Å²) < 4.78 is 45.9. The number of hydrogen-bond donors (Lipinski definition) is 1. The van der Waals surface area contributed by atoms with Crippen LogP contribution in [0.2, 0.25) is 0 Å². The van der Waals surface area contributed by atoms with Crippen LogP contribution in [0.1, 0.15) is 25.0 Å². The second-order valence-corrected chi connectivity index (χ2v) is 6.59. The van der Waals surface area contributed by atoms with Gasteiger partial charge in [-0.15, -0.1) is 0 Å². The summed E-state index contributed by atoms with van der Waals surface area (Å²) in [5.74, 6) is 0.551. The summed E-state index contributed by atoms with van der Waals surface area (Å²) in [6, 6.07) is 14.4. The molecule has 0 aliphatic carbocycles. The number of nitrogens with one attached hydrogen (secondary N) is 1. The van der Waals surface area contributed by atoms with Crippen molar-refractivity contribution < 1.29 is 17.9 Å². The van der Waals surface area contributed by atoms with E-state index in [4.69, 9.17) is 4.74 Å². The topological polar surface area (TPSA) is 50.3 Å². The largest absolute Gasteiger partial charge is 0.494 e. The third-order valence-electron chi connectivity index (χ3n) is 4.54. The van der Waals surface area contributed by atoms with Gasteiger partial charge in [-0.25, -0.2) is 4.98 Å². The first-order valence-corrected chi connectivity index (χ1v) is 9.58. The van der Waals surface area contributed by atoms with Crippen LogP contribution in [0.15, 0.2) is 54.7 Å². The minimum absolute atomic E-state index is 0.139. The number of rotatable bonds is 7. The minimum Gasteiger partial charge on any atom is -0.494 e. The van der Waals surface area contributed by atoms with Crippen LogP contribution in [0, 0.1) is 0 Å². The van der Waals surface area contributed by atoms with E-state index in [0.717, 1.165) is 23.9 Å². The zero-order valence-corrected chi connectivity index (χ0v) is 17.0. The number of alkyl halides is 3. The lowest BCUT2D eigenvalue weighted by molar-refractivity contribution is -0.137. The van der Waals surface area contributed by atoms with E-state index in [1.807, 2.05) is 26.0 Å². The quantitative estimate of drug-likeness (QED) is 0.514. The van der Waals surface area contributed by atoms with Gasteiger partial charge in [-0.3, -0.25) is 0 Å². The third kappa shape index (κ3) is 5.00. The predicted octanol–water partition coefficient (Wildman–Crippen LogP) is 5.97. The Morgan fingerprint density at radius 3 is 2.23 bits per heavy atom. The maximum absolute atomic E-state index is 13.5. The monoisotopic (exact) mass is 416 g/mol. The van der Waals surface area contributed by atoms with Crippen LogP contribution in [-0.2, 0) is 12.6 Å². The van der Waals surface area contributed by atoms with Gasteiger partial charge in [0.25, 0.3) is 0 Å². The van der Waals surface area contributed by atoms with Crippen molar-refractivity contribution in [3.05, 3.63) is 65.9 Å². The molecule has 0 fully saturated rings. The van der Waals surface area contributed by atoms with E-state index in [-0.39, 0.29) is 11.8 Å². The number of benzene rings is 2. The van der Waals surface area contributed by atoms with Gasteiger partial charge >= 0.3 is 6.18 Å². The highest BCUT2D eigenvalue weighted by Crippen LogP contribution is 2.36. The Balaban J connectivity index is 1.92. The van der Waals surface area contributed by atoms with Crippen molar-refractivity contribution >= 4 is 23.1 Å². The molecule has 0 atom stereocenters. The Morgan fingerprint density at radius 2 is 1.67 bits per heavy atom. The van der Waals surface area contributed by atoms with Crippen LogP contribution in [0.3, 0.4) is 0 Å². The van der Waals surface area contributed by atoms with Crippen molar-refractivity contribution in [3.63, 3.8) is 0 Å². The van der Waals surface area contributed by atoms with Gasteiger partial charge in [-0.2, -0.15) is 18.2 Å². The molecule has 0 radical (unpaired) electrons. The highest BCUT2D eigenvalue weighted by Gasteiger charge is 2.35. The van der Waals surface area contributed by atoms with Crippen LogP contribution in [0.25, 0.3) is 0 Å². The molecule has 8 heteroatoms. The molecule has 2 aromatic carbocycles. The summed E-state index contributed by atoms with van der Waals surface area (Å²) in [5, 5.41) is 2.79. The van der Waals surface area contributed by atoms with Crippen LogP contribution in [0.4, 0.5) is 36.3 Å². The van der Waals surface area contributed by atoms with Gasteiger partial charge in [-0.05, 0) is 55.3 Å². The summed E-state index contributed by atoms with van der Waals surface area (Å²) in [6.07, 6.45) is -2.93. The minimum atomic E-state index is -4.58. The second kappa shape index (κ2) is 9.02. The smallest absolute Gasteiger partial charge is 0.421 e. The fourth-order valence-corrected chi connectivity index (χ4v) is 2.85. The van der Waals surface area contributed by atoms with Crippen LogP contribution < -0.4 is 15.0 Å². The van der Waals surface area contributed by atoms with E-state index < -0.39 is 11.7 Å². The van der Waals surface area contributed by atoms with Crippen molar-refractivity contribution in [1.29, 1.82) is 0 Å². The number of aromatic nitrogens is 2. The first-order valence-electron chi connectivity index (χ1n) is 9.58. The normalized spacial score (nSPS) is 11.3. The predicted molar refractivity (Wildman–Crippen MR) is 112 cm³/mol. The molecule has 1 N–H and O–H groups in total. The molecule has 1 aromatic heterocycles. The number of anilines is 4. The third-order valence-corrected chi connectivity index (χ3v) is 4.54. The molecular weight excluding hydrogens is 393 g/mol. The van der Waals surface area contributed by atoms with Gasteiger partial charge in [0, 0.05) is 24.6 Å². The Labute approximate surface area is 173 Å². The average molecular weight is 416 g/mol.